The molecule has 1 N–H and O–H groups in total. The molecule has 6 heteroatoms. The number of aliphatic hydroxyl groups is 1. The topological polar surface area (TPSA) is 66.8 Å². The number of aliphatic hydroxyl groups excluding tert-OH is 1. The number of nitrogens with zero attached hydrogens (tertiary/aromatic N) is 1. The van der Waals surface area contributed by atoms with Crippen molar-refractivity contribution in [3.05, 3.63) is 34.7 Å². The van der Waals surface area contributed by atoms with Crippen molar-refractivity contribution in [1.29, 1.82) is 0 Å². The second-order valence-electron chi connectivity index (χ2n) is 4.74. The maximum absolute atomic E-state index is 12.7. The summed E-state index contributed by atoms with van der Waals surface area (Å²) in [5, 5.41) is 9.03. The minimum atomic E-state index is -0.295. The van der Waals surface area contributed by atoms with Crippen molar-refractivity contribution in [3.8, 4) is 5.75 Å². The van der Waals surface area contributed by atoms with Crippen LogP contribution in [0.15, 0.2) is 29.2 Å². The zero-order valence-corrected chi connectivity index (χ0v) is 13.5. The minimum Gasteiger partial charge on any atom is -0.496 e. The fourth-order valence-electron chi connectivity index (χ4n) is 2.35. The number of carbonyl (C=O) groups is 2. The van der Waals surface area contributed by atoms with Crippen LogP contribution in [0.5, 0.6) is 5.75 Å². The van der Waals surface area contributed by atoms with E-state index in [9.17, 15) is 9.59 Å². The lowest BCUT2D eigenvalue weighted by molar-refractivity contribution is -0.136. The molecule has 0 unspecified atom stereocenters. The summed E-state index contributed by atoms with van der Waals surface area (Å²) < 4.78 is 5.31. The summed E-state index contributed by atoms with van der Waals surface area (Å²) in [6.07, 6.45) is 0.703. The standard InChI is InChI=1S/C16H19NO4S/c1-3-8-17-15(19)13(14(16(17)20)22-10-9-18)11-6-4-5-7-12(11)21-2/h4-7,18H,3,8-10H2,1-2H3. The van der Waals surface area contributed by atoms with Crippen LogP contribution >= 0.6 is 11.8 Å². The van der Waals surface area contributed by atoms with Crippen LogP contribution in [0.25, 0.3) is 5.57 Å². The largest absolute Gasteiger partial charge is 0.496 e. The number of ether oxygens (including phenoxy) is 1. The second-order valence-corrected chi connectivity index (χ2v) is 5.84. The first-order valence-corrected chi connectivity index (χ1v) is 8.11. The summed E-state index contributed by atoms with van der Waals surface area (Å²) >= 11 is 1.21. The normalized spacial score (nSPS) is 15.0. The Morgan fingerprint density at radius 1 is 1.23 bits per heavy atom. The first-order valence-electron chi connectivity index (χ1n) is 7.13. The number of amides is 2. The molecular formula is C16H19NO4S. The molecule has 2 amide bonds. The molecular weight excluding hydrogens is 302 g/mol. The van der Waals surface area contributed by atoms with Gasteiger partial charge in [-0.05, 0) is 12.5 Å². The van der Waals surface area contributed by atoms with Gasteiger partial charge in [0.1, 0.15) is 5.75 Å². The molecule has 118 valence electrons. The molecule has 0 bridgehead atoms. The van der Waals surface area contributed by atoms with E-state index < -0.39 is 0 Å². The van der Waals surface area contributed by atoms with Crippen molar-refractivity contribution in [2.75, 3.05) is 26.0 Å². The fourth-order valence-corrected chi connectivity index (χ4v) is 3.22. The van der Waals surface area contributed by atoms with Gasteiger partial charge in [-0.15, -0.1) is 11.8 Å². The number of rotatable bonds is 7. The van der Waals surface area contributed by atoms with Gasteiger partial charge in [-0.25, -0.2) is 0 Å². The SMILES string of the molecule is CCCN1C(=O)C(SCCO)=C(c2ccccc2OC)C1=O. The molecule has 0 saturated heterocycles. The molecule has 22 heavy (non-hydrogen) atoms. The van der Waals surface area contributed by atoms with Gasteiger partial charge in [-0.3, -0.25) is 14.5 Å². The molecule has 1 aromatic carbocycles. The van der Waals surface area contributed by atoms with E-state index in [1.54, 1.807) is 18.2 Å². The smallest absolute Gasteiger partial charge is 0.267 e. The predicted octanol–water partition coefficient (Wildman–Crippen LogP) is 1.91. The summed E-state index contributed by atoms with van der Waals surface area (Å²) in [7, 11) is 1.53. The minimum absolute atomic E-state index is 0.0530. The van der Waals surface area contributed by atoms with Crippen molar-refractivity contribution in [1.82, 2.24) is 4.90 Å². The van der Waals surface area contributed by atoms with Crippen LogP contribution in [0.3, 0.4) is 0 Å². The van der Waals surface area contributed by atoms with Crippen molar-refractivity contribution in [2.24, 2.45) is 0 Å². The van der Waals surface area contributed by atoms with Crippen LogP contribution in [-0.2, 0) is 9.59 Å². The molecule has 0 atom stereocenters. The van der Waals surface area contributed by atoms with Gasteiger partial charge in [0.05, 0.1) is 24.2 Å². The van der Waals surface area contributed by atoms with E-state index in [0.717, 1.165) is 0 Å². The number of methoxy groups -OCH3 is 1. The van der Waals surface area contributed by atoms with Gasteiger partial charge < -0.3 is 9.84 Å². The Morgan fingerprint density at radius 3 is 2.59 bits per heavy atom. The first-order chi connectivity index (χ1) is 10.7. The number of benzene rings is 1. The summed E-state index contributed by atoms with van der Waals surface area (Å²) in [5.41, 5.74) is 0.983. The molecule has 0 fully saturated rings. The number of thioether (sulfide) groups is 1. The van der Waals surface area contributed by atoms with Gasteiger partial charge in [0.25, 0.3) is 11.8 Å². The van der Waals surface area contributed by atoms with Gasteiger partial charge in [0, 0.05) is 17.9 Å². The first kappa shape index (κ1) is 16.6. The molecule has 0 saturated carbocycles. The molecule has 2 rings (SSSR count). The third kappa shape index (κ3) is 3.03. The van der Waals surface area contributed by atoms with Gasteiger partial charge in [-0.1, -0.05) is 25.1 Å². The van der Waals surface area contributed by atoms with E-state index in [2.05, 4.69) is 0 Å². The van der Waals surface area contributed by atoms with E-state index in [1.165, 1.54) is 23.8 Å². The highest BCUT2D eigenvalue weighted by Crippen LogP contribution is 2.39. The Labute approximate surface area is 133 Å². The van der Waals surface area contributed by atoms with Crippen molar-refractivity contribution in [2.45, 2.75) is 13.3 Å². The molecule has 0 spiro atoms. The molecule has 5 nitrogen and oxygen atoms in total. The number of carbonyl (C=O) groups excluding carboxylic acids is 2. The predicted molar refractivity (Wildman–Crippen MR) is 86.5 cm³/mol. The van der Waals surface area contributed by atoms with Crippen molar-refractivity contribution >= 4 is 29.1 Å². The third-order valence-corrected chi connectivity index (χ3v) is 4.34. The lowest BCUT2D eigenvalue weighted by Crippen LogP contribution is -2.32. The lowest BCUT2D eigenvalue weighted by atomic mass is 10.1. The van der Waals surface area contributed by atoms with Gasteiger partial charge in [-0.2, -0.15) is 0 Å². The summed E-state index contributed by atoms with van der Waals surface area (Å²) in [4.78, 5) is 26.8. The highest BCUT2D eigenvalue weighted by Gasteiger charge is 2.39. The average molecular weight is 321 g/mol. The number of hydrogen-bond donors (Lipinski definition) is 1. The molecule has 1 aliphatic heterocycles. The molecule has 0 aromatic heterocycles. The highest BCUT2D eigenvalue weighted by molar-refractivity contribution is 8.04. The van der Waals surface area contributed by atoms with Crippen molar-refractivity contribution < 1.29 is 19.4 Å². The summed E-state index contributed by atoms with van der Waals surface area (Å²) in [5.74, 6) is 0.342. The summed E-state index contributed by atoms with van der Waals surface area (Å²) in [6, 6.07) is 7.15. The number of imide groups is 1. The number of hydrogen-bond acceptors (Lipinski definition) is 5. The molecule has 1 aromatic rings. The molecule has 1 aliphatic rings. The number of para-hydroxylation sites is 1. The van der Waals surface area contributed by atoms with E-state index in [-0.39, 0.29) is 18.4 Å². The maximum Gasteiger partial charge on any atom is 0.267 e. The monoisotopic (exact) mass is 321 g/mol. The third-order valence-electron chi connectivity index (χ3n) is 3.29. The van der Waals surface area contributed by atoms with Crippen LogP contribution in [0.4, 0.5) is 0 Å². The van der Waals surface area contributed by atoms with Crippen LogP contribution in [-0.4, -0.2) is 47.8 Å². The maximum atomic E-state index is 12.7. The van der Waals surface area contributed by atoms with Crippen LogP contribution in [0.2, 0.25) is 0 Å². The van der Waals surface area contributed by atoms with Crippen LogP contribution in [0, 0.1) is 0 Å². The van der Waals surface area contributed by atoms with E-state index >= 15 is 0 Å². The van der Waals surface area contributed by atoms with E-state index in [0.29, 0.717) is 40.5 Å². The zero-order chi connectivity index (χ0) is 16.1. The zero-order valence-electron chi connectivity index (χ0n) is 12.7. The van der Waals surface area contributed by atoms with Gasteiger partial charge >= 0.3 is 0 Å². The Bertz CT molecular complexity index is 612. The Hall–Kier alpha value is -1.79. The Kier molecular flexibility index (Phi) is 5.63. The van der Waals surface area contributed by atoms with Gasteiger partial charge in [0.15, 0.2) is 0 Å². The fraction of sp³-hybridized carbons (Fsp3) is 0.375. The van der Waals surface area contributed by atoms with E-state index in [4.69, 9.17) is 9.84 Å². The Morgan fingerprint density at radius 2 is 1.95 bits per heavy atom. The quantitative estimate of drug-likeness (QED) is 0.777. The second kappa shape index (κ2) is 7.47. The van der Waals surface area contributed by atoms with Gasteiger partial charge in [0.2, 0.25) is 0 Å². The molecule has 0 radical (unpaired) electrons. The summed E-state index contributed by atoms with van der Waals surface area (Å²) in [6.45, 7) is 2.25. The van der Waals surface area contributed by atoms with E-state index in [1.807, 2.05) is 13.0 Å². The Balaban J connectivity index is 2.52. The molecule has 0 aliphatic carbocycles. The average Bonchev–Trinajstić information content (AvgIpc) is 2.77. The van der Waals surface area contributed by atoms with Crippen LogP contribution < -0.4 is 4.74 Å². The molecule has 1 heterocycles. The van der Waals surface area contributed by atoms with Crippen LogP contribution in [0.1, 0.15) is 18.9 Å². The highest BCUT2D eigenvalue weighted by atomic mass is 32.2. The van der Waals surface area contributed by atoms with Crippen molar-refractivity contribution in [3.63, 3.8) is 0 Å². The lowest BCUT2D eigenvalue weighted by Gasteiger charge is -2.14.